The number of ether oxygens (including phenoxy) is 1. The summed E-state index contributed by atoms with van der Waals surface area (Å²) in [4.78, 5) is 52.0. The average molecular weight is 804 g/mol. The minimum absolute atomic E-state index is 0.000790. The van der Waals surface area contributed by atoms with Gasteiger partial charge < -0.3 is 14.5 Å². The van der Waals surface area contributed by atoms with Crippen LogP contribution in [-0.4, -0.2) is 84.1 Å². The topological polar surface area (TPSA) is 190 Å². The summed E-state index contributed by atoms with van der Waals surface area (Å²) in [5.74, 6) is -0.734. The van der Waals surface area contributed by atoms with Crippen LogP contribution in [0.2, 0.25) is 0 Å². The predicted molar refractivity (Wildman–Crippen MR) is 206 cm³/mol. The van der Waals surface area contributed by atoms with Gasteiger partial charge in [-0.15, -0.1) is 0 Å². The lowest BCUT2D eigenvalue weighted by Crippen LogP contribution is -2.45. The lowest BCUT2D eigenvalue weighted by Gasteiger charge is -2.30. The second-order valence-electron chi connectivity index (χ2n) is 14.0. The summed E-state index contributed by atoms with van der Waals surface area (Å²) in [6.45, 7) is 3.77. The lowest BCUT2D eigenvalue weighted by molar-refractivity contribution is 0.0917. The van der Waals surface area contributed by atoms with E-state index in [0.717, 1.165) is 48.8 Å². The van der Waals surface area contributed by atoms with E-state index in [2.05, 4.69) is 20.2 Å². The van der Waals surface area contributed by atoms with Crippen LogP contribution in [0.15, 0.2) is 94.9 Å². The van der Waals surface area contributed by atoms with Gasteiger partial charge in [0.2, 0.25) is 0 Å². The van der Waals surface area contributed by atoms with E-state index in [1.807, 2.05) is 42.5 Å². The van der Waals surface area contributed by atoms with Crippen molar-refractivity contribution in [2.24, 2.45) is 0 Å². The highest BCUT2D eigenvalue weighted by atomic mass is 32.3. The van der Waals surface area contributed by atoms with Gasteiger partial charge in [0, 0.05) is 31.0 Å². The van der Waals surface area contributed by atoms with Crippen molar-refractivity contribution in [2.75, 3.05) is 26.2 Å². The van der Waals surface area contributed by atoms with E-state index in [0.29, 0.717) is 43.6 Å². The molecule has 2 aromatic carbocycles. The Labute approximate surface area is 324 Å². The van der Waals surface area contributed by atoms with E-state index in [-0.39, 0.29) is 28.7 Å². The number of imidazole rings is 1. The van der Waals surface area contributed by atoms with Gasteiger partial charge in [0.15, 0.2) is 5.65 Å². The number of rotatable bonds is 9. The van der Waals surface area contributed by atoms with Gasteiger partial charge in [0.05, 0.1) is 17.3 Å². The number of likely N-dealkylation sites (tertiary alicyclic amines) is 1. The van der Waals surface area contributed by atoms with Gasteiger partial charge >= 0.3 is 16.1 Å². The molecule has 0 spiro atoms. The summed E-state index contributed by atoms with van der Waals surface area (Å²) in [6, 6.07) is 18.4. The van der Waals surface area contributed by atoms with Gasteiger partial charge in [-0.05, 0) is 105 Å². The van der Waals surface area contributed by atoms with Crippen LogP contribution in [-0.2, 0) is 10.4 Å². The number of carbonyl (C=O) groups is 1. The van der Waals surface area contributed by atoms with Crippen molar-refractivity contribution in [1.82, 2.24) is 33.7 Å². The SMILES string of the molecule is O=C(NC1CCC(n2c(=O)c3cc(F)cnc3n(-c3cccc(-c4ccc(OCCN5CCCC5)cc4)c3)c2=O)CC1)c1cn2cc(F)ccc2n1.O=S(=O)(O)O. The van der Waals surface area contributed by atoms with Gasteiger partial charge in [-0.2, -0.15) is 8.42 Å². The van der Waals surface area contributed by atoms with Crippen molar-refractivity contribution >= 4 is 33.0 Å². The molecule has 1 aliphatic heterocycles. The van der Waals surface area contributed by atoms with Gasteiger partial charge in [-0.1, -0.05) is 24.3 Å². The van der Waals surface area contributed by atoms with Gasteiger partial charge in [0.25, 0.3) is 11.5 Å². The summed E-state index contributed by atoms with van der Waals surface area (Å²) in [5.41, 5.74) is 1.74. The van der Waals surface area contributed by atoms with E-state index in [9.17, 15) is 23.2 Å². The number of hydrogen-bond acceptors (Lipinski definition) is 9. The zero-order valence-electron chi connectivity index (χ0n) is 30.5. The fraction of sp³-hybridized carbons (Fsp3) is 0.308. The molecular weight excluding hydrogens is 765 g/mol. The fourth-order valence-electron chi connectivity index (χ4n) is 7.42. The van der Waals surface area contributed by atoms with Gasteiger partial charge in [-0.25, -0.2) is 28.1 Å². The highest BCUT2D eigenvalue weighted by Crippen LogP contribution is 2.29. The number of benzene rings is 2. The molecular formula is C39H39F2N7O8S. The molecule has 0 atom stereocenters. The molecule has 4 aromatic heterocycles. The first kappa shape index (κ1) is 39.4. The molecule has 0 unspecified atom stereocenters. The summed E-state index contributed by atoms with van der Waals surface area (Å²) in [6.07, 6.45) is 8.05. The number of halogens is 2. The number of aromatic nitrogens is 5. The second-order valence-corrected chi connectivity index (χ2v) is 14.9. The van der Waals surface area contributed by atoms with Crippen molar-refractivity contribution in [3.05, 3.63) is 123 Å². The highest BCUT2D eigenvalue weighted by Gasteiger charge is 2.29. The third-order valence-corrected chi connectivity index (χ3v) is 10.1. The smallest absolute Gasteiger partial charge is 0.394 e. The third-order valence-electron chi connectivity index (χ3n) is 10.1. The Morgan fingerprint density at radius 2 is 1.61 bits per heavy atom. The lowest BCUT2D eigenvalue weighted by atomic mass is 9.90. The minimum atomic E-state index is -4.67. The predicted octanol–water partition coefficient (Wildman–Crippen LogP) is 4.88. The normalized spacial score (nSPS) is 17.3. The summed E-state index contributed by atoms with van der Waals surface area (Å²) in [7, 11) is -4.67. The van der Waals surface area contributed by atoms with Crippen molar-refractivity contribution in [1.29, 1.82) is 0 Å². The highest BCUT2D eigenvalue weighted by molar-refractivity contribution is 7.79. The Morgan fingerprint density at radius 3 is 2.33 bits per heavy atom. The van der Waals surface area contributed by atoms with Crippen LogP contribution in [0.4, 0.5) is 8.78 Å². The molecule has 0 radical (unpaired) electrons. The number of hydrogen-bond donors (Lipinski definition) is 3. The quantitative estimate of drug-likeness (QED) is 0.169. The maximum absolute atomic E-state index is 14.5. The molecule has 57 heavy (non-hydrogen) atoms. The number of nitrogens with zero attached hydrogens (tertiary/aromatic N) is 6. The maximum atomic E-state index is 14.5. The molecule has 5 heterocycles. The Hall–Kier alpha value is -5.82. The van der Waals surface area contributed by atoms with E-state index in [1.54, 1.807) is 6.07 Å². The zero-order valence-corrected chi connectivity index (χ0v) is 31.3. The van der Waals surface area contributed by atoms with Crippen LogP contribution in [0.5, 0.6) is 5.75 Å². The van der Waals surface area contributed by atoms with Crippen LogP contribution in [0.1, 0.15) is 55.1 Å². The van der Waals surface area contributed by atoms with Crippen LogP contribution in [0, 0.1) is 11.6 Å². The zero-order chi connectivity index (χ0) is 40.3. The van der Waals surface area contributed by atoms with Crippen LogP contribution >= 0.6 is 0 Å². The minimum Gasteiger partial charge on any atom is -0.492 e. The molecule has 1 saturated heterocycles. The van der Waals surface area contributed by atoms with Crippen molar-refractivity contribution in [2.45, 2.75) is 50.6 Å². The van der Waals surface area contributed by atoms with Crippen molar-refractivity contribution in [3.8, 4) is 22.6 Å². The summed E-state index contributed by atoms with van der Waals surface area (Å²) < 4.78 is 69.7. The molecule has 3 N–H and O–H groups in total. The Kier molecular flexibility index (Phi) is 11.6. The number of carbonyl (C=O) groups excluding carboxylic acids is 1. The fourth-order valence-corrected chi connectivity index (χ4v) is 7.42. The number of fused-ring (bicyclic) bond motifs is 2. The molecule has 15 nitrogen and oxygen atoms in total. The second kappa shape index (κ2) is 16.7. The standard InChI is InChI=1S/C39H37F2N7O4.H2O4S/c40-27-8-15-35-44-34(24-46(35)23-27)37(49)43-29-9-11-30(12-10-29)48-38(50)33-21-28(41)22-42-36(33)47(39(48)51)31-5-3-4-26(20-31)25-6-13-32(14-7-25)52-19-18-45-16-1-2-17-45;1-5(2,3)4/h3-8,13-15,20-24,29-30H,1-2,9-12,16-19H2,(H,43,49);(H2,1,2,3,4). The molecule has 2 aliphatic rings. The van der Waals surface area contributed by atoms with Crippen LogP contribution < -0.4 is 21.3 Å². The molecule has 298 valence electrons. The monoisotopic (exact) mass is 803 g/mol. The van der Waals surface area contributed by atoms with Crippen molar-refractivity contribution in [3.63, 3.8) is 0 Å². The largest absolute Gasteiger partial charge is 0.492 e. The molecule has 6 aromatic rings. The Morgan fingerprint density at radius 1 is 0.895 bits per heavy atom. The number of nitrogens with one attached hydrogen (secondary N) is 1. The Balaban J connectivity index is 0.000000935. The molecule has 0 bridgehead atoms. The number of amides is 1. The van der Waals surface area contributed by atoms with Crippen molar-refractivity contribution < 1.29 is 35.8 Å². The first-order chi connectivity index (χ1) is 27.3. The number of pyridine rings is 2. The molecule has 18 heteroatoms. The average Bonchev–Trinajstić information content (AvgIpc) is 3.86. The van der Waals surface area contributed by atoms with E-state index < -0.39 is 39.3 Å². The first-order valence-corrected chi connectivity index (χ1v) is 19.7. The third kappa shape index (κ3) is 9.42. The van der Waals surface area contributed by atoms with Crippen LogP contribution in [0.25, 0.3) is 33.5 Å². The maximum Gasteiger partial charge on any atom is 0.394 e. The van der Waals surface area contributed by atoms with Gasteiger partial charge in [0.1, 0.15) is 35.3 Å². The molecule has 1 amide bonds. The van der Waals surface area contributed by atoms with E-state index >= 15 is 0 Å². The molecule has 2 fully saturated rings. The molecule has 8 rings (SSSR count). The first-order valence-electron chi connectivity index (χ1n) is 18.3. The molecule has 1 saturated carbocycles. The molecule has 1 aliphatic carbocycles. The summed E-state index contributed by atoms with van der Waals surface area (Å²) >= 11 is 0. The summed E-state index contributed by atoms with van der Waals surface area (Å²) in [5, 5.41) is 2.98. The van der Waals surface area contributed by atoms with E-state index in [4.69, 9.17) is 22.3 Å². The van der Waals surface area contributed by atoms with Crippen LogP contribution in [0.3, 0.4) is 0 Å². The Bertz CT molecular complexity index is 2640. The van der Waals surface area contributed by atoms with E-state index in [1.165, 1.54) is 50.9 Å². The van der Waals surface area contributed by atoms with Gasteiger partial charge in [-0.3, -0.25) is 28.2 Å².